The van der Waals surface area contributed by atoms with E-state index in [1.807, 2.05) is 0 Å². The van der Waals surface area contributed by atoms with Crippen LogP contribution in [0.15, 0.2) is 29.3 Å². The maximum atomic E-state index is 4.79. The topological polar surface area (TPSA) is 42.9 Å². The van der Waals surface area contributed by atoms with Crippen molar-refractivity contribution in [1.29, 1.82) is 0 Å². The Morgan fingerprint density at radius 2 is 1.77 bits per heavy atom. The Balaban J connectivity index is 0.00000338. The number of hydrogen-bond acceptors (Lipinski definition) is 3. The Labute approximate surface area is 176 Å². The average molecular weight is 473 g/mol. The van der Waals surface area contributed by atoms with E-state index in [0.29, 0.717) is 6.54 Å². The summed E-state index contributed by atoms with van der Waals surface area (Å²) in [5, 5.41) is 6.85. The van der Waals surface area contributed by atoms with E-state index in [4.69, 9.17) is 4.99 Å². The Kier molecular flexibility index (Phi) is 11.9. The van der Waals surface area contributed by atoms with Crippen LogP contribution < -0.4 is 10.6 Å². The molecule has 1 aromatic rings. The van der Waals surface area contributed by atoms with Crippen molar-refractivity contribution >= 4 is 29.9 Å². The minimum Gasteiger partial charge on any atom is -0.357 e. The van der Waals surface area contributed by atoms with E-state index in [0.717, 1.165) is 32.1 Å². The number of hydrogen-bond donors (Lipinski definition) is 2. The number of nitrogens with zero attached hydrogens (tertiary/aromatic N) is 3. The van der Waals surface area contributed by atoms with E-state index < -0.39 is 0 Å². The third-order valence-electron chi connectivity index (χ3n) is 4.53. The first-order valence-electron chi connectivity index (χ1n) is 9.65. The van der Waals surface area contributed by atoms with Crippen molar-refractivity contribution in [3.8, 4) is 0 Å². The van der Waals surface area contributed by atoms with Crippen molar-refractivity contribution in [2.24, 2.45) is 4.99 Å². The molecule has 0 unspecified atom stereocenters. The molecule has 0 spiro atoms. The summed E-state index contributed by atoms with van der Waals surface area (Å²) in [5.74, 6) is 0.916. The summed E-state index contributed by atoms with van der Waals surface area (Å²) < 4.78 is 0. The molecule has 0 atom stereocenters. The minimum absolute atomic E-state index is 0. The molecule has 0 aliphatic carbocycles. The second-order valence-electron chi connectivity index (χ2n) is 7.03. The molecule has 26 heavy (non-hydrogen) atoms. The van der Waals surface area contributed by atoms with Crippen molar-refractivity contribution in [2.45, 2.75) is 39.3 Å². The van der Waals surface area contributed by atoms with Gasteiger partial charge in [-0.05, 0) is 58.1 Å². The summed E-state index contributed by atoms with van der Waals surface area (Å²) in [7, 11) is 4.21. The number of rotatable bonds is 8. The fourth-order valence-corrected chi connectivity index (χ4v) is 3.23. The van der Waals surface area contributed by atoms with Gasteiger partial charge in [0.25, 0.3) is 0 Å². The van der Waals surface area contributed by atoms with E-state index in [1.54, 1.807) is 0 Å². The van der Waals surface area contributed by atoms with Gasteiger partial charge in [0.1, 0.15) is 0 Å². The van der Waals surface area contributed by atoms with Crippen LogP contribution in [-0.4, -0.2) is 62.6 Å². The molecule has 0 radical (unpaired) electrons. The van der Waals surface area contributed by atoms with Gasteiger partial charge in [0.15, 0.2) is 5.96 Å². The Morgan fingerprint density at radius 1 is 1.08 bits per heavy atom. The van der Waals surface area contributed by atoms with Crippen LogP contribution in [0.3, 0.4) is 0 Å². The van der Waals surface area contributed by atoms with Gasteiger partial charge >= 0.3 is 0 Å². The molecule has 1 heterocycles. The largest absolute Gasteiger partial charge is 0.357 e. The molecule has 2 N–H and O–H groups in total. The SMILES string of the molecule is CCNC(=NCc1ccccc1CN(C)C)NCCN1CCCCC1.I. The molecular formula is C20H36IN5. The molecule has 148 valence electrons. The second-order valence-corrected chi connectivity index (χ2v) is 7.03. The van der Waals surface area contributed by atoms with Gasteiger partial charge in [0.05, 0.1) is 6.54 Å². The maximum absolute atomic E-state index is 4.79. The fraction of sp³-hybridized carbons (Fsp3) is 0.650. The highest BCUT2D eigenvalue weighted by Gasteiger charge is 2.09. The average Bonchev–Trinajstić information content (AvgIpc) is 2.61. The van der Waals surface area contributed by atoms with E-state index in [-0.39, 0.29) is 24.0 Å². The van der Waals surface area contributed by atoms with Gasteiger partial charge in [0.2, 0.25) is 0 Å². The minimum atomic E-state index is 0. The highest BCUT2D eigenvalue weighted by molar-refractivity contribution is 14.0. The van der Waals surface area contributed by atoms with Crippen molar-refractivity contribution in [2.75, 3.05) is 46.8 Å². The molecule has 6 heteroatoms. The third-order valence-corrected chi connectivity index (χ3v) is 4.53. The molecule has 5 nitrogen and oxygen atoms in total. The number of benzene rings is 1. The quantitative estimate of drug-likeness (QED) is 0.346. The van der Waals surface area contributed by atoms with Gasteiger partial charge in [-0.1, -0.05) is 30.7 Å². The Morgan fingerprint density at radius 3 is 2.42 bits per heavy atom. The summed E-state index contributed by atoms with van der Waals surface area (Å²) in [6.07, 6.45) is 4.08. The molecule has 0 bridgehead atoms. The fourth-order valence-electron chi connectivity index (χ4n) is 3.23. The van der Waals surface area contributed by atoms with E-state index in [9.17, 15) is 0 Å². The first kappa shape index (κ1) is 23.2. The normalized spacial score (nSPS) is 15.6. The van der Waals surface area contributed by atoms with Crippen molar-refractivity contribution in [3.63, 3.8) is 0 Å². The van der Waals surface area contributed by atoms with Crippen LogP contribution >= 0.6 is 24.0 Å². The molecule has 0 saturated carbocycles. The van der Waals surface area contributed by atoms with Gasteiger partial charge in [-0.3, -0.25) is 0 Å². The first-order valence-corrected chi connectivity index (χ1v) is 9.65. The van der Waals surface area contributed by atoms with Crippen LogP contribution in [0.4, 0.5) is 0 Å². The molecule has 1 aliphatic rings. The van der Waals surface area contributed by atoms with Crippen LogP contribution in [0.5, 0.6) is 0 Å². The molecule has 1 saturated heterocycles. The number of halogens is 1. The lowest BCUT2D eigenvalue weighted by molar-refractivity contribution is 0.232. The smallest absolute Gasteiger partial charge is 0.191 e. The highest BCUT2D eigenvalue weighted by atomic mass is 127. The van der Waals surface area contributed by atoms with Crippen LogP contribution in [-0.2, 0) is 13.1 Å². The van der Waals surface area contributed by atoms with Gasteiger partial charge < -0.3 is 20.4 Å². The van der Waals surface area contributed by atoms with Crippen molar-refractivity contribution in [1.82, 2.24) is 20.4 Å². The summed E-state index contributed by atoms with van der Waals surface area (Å²) >= 11 is 0. The second kappa shape index (κ2) is 13.3. The number of nitrogens with one attached hydrogen (secondary N) is 2. The number of aliphatic imine (C=N–C) groups is 1. The lowest BCUT2D eigenvalue weighted by Crippen LogP contribution is -2.42. The number of likely N-dealkylation sites (tertiary alicyclic amines) is 1. The van der Waals surface area contributed by atoms with E-state index in [1.165, 1.54) is 43.5 Å². The zero-order chi connectivity index (χ0) is 17.9. The summed E-state index contributed by atoms with van der Waals surface area (Å²) in [4.78, 5) is 9.54. The van der Waals surface area contributed by atoms with E-state index in [2.05, 4.69) is 65.7 Å². The zero-order valence-corrected chi connectivity index (χ0v) is 19.0. The van der Waals surface area contributed by atoms with Crippen LogP contribution in [0, 0.1) is 0 Å². The van der Waals surface area contributed by atoms with E-state index >= 15 is 0 Å². The monoisotopic (exact) mass is 473 g/mol. The molecule has 1 aliphatic heterocycles. The molecule has 1 fully saturated rings. The highest BCUT2D eigenvalue weighted by Crippen LogP contribution is 2.12. The maximum Gasteiger partial charge on any atom is 0.191 e. The predicted octanol–water partition coefficient (Wildman–Crippen LogP) is 2.91. The standard InChI is InChI=1S/C20H35N5.HI/c1-4-21-20(22-12-15-25-13-8-5-9-14-25)23-16-18-10-6-7-11-19(18)17-24(2)3;/h6-7,10-11H,4-5,8-9,12-17H2,1-3H3,(H2,21,22,23);1H. The Hall–Kier alpha value is -0.860. The van der Waals surface area contributed by atoms with Crippen molar-refractivity contribution < 1.29 is 0 Å². The van der Waals surface area contributed by atoms with Gasteiger partial charge in [0, 0.05) is 26.2 Å². The lowest BCUT2D eigenvalue weighted by atomic mass is 10.1. The van der Waals surface area contributed by atoms with Crippen LogP contribution in [0.1, 0.15) is 37.3 Å². The molecule has 0 aromatic heterocycles. The summed E-state index contributed by atoms with van der Waals surface area (Å²) in [5.41, 5.74) is 2.64. The summed E-state index contributed by atoms with van der Waals surface area (Å²) in [6.45, 7) is 9.19. The zero-order valence-electron chi connectivity index (χ0n) is 16.6. The number of guanidine groups is 1. The van der Waals surface area contributed by atoms with Gasteiger partial charge in [-0.2, -0.15) is 0 Å². The predicted molar refractivity (Wildman–Crippen MR) is 122 cm³/mol. The molecule has 2 rings (SSSR count). The van der Waals surface area contributed by atoms with Crippen LogP contribution in [0.2, 0.25) is 0 Å². The van der Waals surface area contributed by atoms with Crippen LogP contribution in [0.25, 0.3) is 0 Å². The molecular weight excluding hydrogens is 437 g/mol. The summed E-state index contributed by atoms with van der Waals surface area (Å²) in [6, 6.07) is 8.58. The number of piperidine rings is 1. The first-order chi connectivity index (χ1) is 12.2. The Bertz CT molecular complexity index is 527. The molecule has 1 aromatic carbocycles. The van der Waals surface area contributed by atoms with Gasteiger partial charge in [-0.15, -0.1) is 24.0 Å². The third kappa shape index (κ3) is 8.68. The lowest BCUT2D eigenvalue weighted by Gasteiger charge is -2.26. The van der Waals surface area contributed by atoms with Crippen molar-refractivity contribution in [3.05, 3.63) is 35.4 Å². The van der Waals surface area contributed by atoms with Gasteiger partial charge in [-0.25, -0.2) is 4.99 Å². The molecule has 0 amide bonds.